The van der Waals surface area contributed by atoms with E-state index in [-0.39, 0.29) is 23.1 Å². The number of ether oxygens (including phenoxy) is 2. The lowest BCUT2D eigenvalue weighted by atomic mass is 9.93. The van der Waals surface area contributed by atoms with E-state index in [1.54, 1.807) is 71.5 Å². The molecule has 4 atom stereocenters. The van der Waals surface area contributed by atoms with Crippen molar-refractivity contribution in [2.75, 3.05) is 38.8 Å². The van der Waals surface area contributed by atoms with Crippen LogP contribution in [0.5, 0.6) is 0 Å². The molecule has 60 heavy (non-hydrogen) atoms. The maximum Gasteiger partial charge on any atom is 0.407 e. The summed E-state index contributed by atoms with van der Waals surface area (Å²) < 4.78 is 41.1. The monoisotopic (exact) mass is 823 g/mol. The van der Waals surface area contributed by atoms with Gasteiger partial charge in [0.2, 0.25) is 5.91 Å². The summed E-state index contributed by atoms with van der Waals surface area (Å²) in [6.07, 6.45) is 4.25. The van der Waals surface area contributed by atoms with Gasteiger partial charge in [-0.3, -0.25) is 9.59 Å². The number of likely N-dealkylation sites (tertiary alicyclic amines) is 1. The zero-order chi connectivity index (χ0) is 42.3. The molecule has 17 heteroatoms. The van der Waals surface area contributed by atoms with E-state index in [9.17, 15) is 19.2 Å². The average Bonchev–Trinajstić information content (AvgIpc) is 4.07. The van der Waals surface area contributed by atoms with Gasteiger partial charge in [-0.05, 0) is 55.9 Å². The van der Waals surface area contributed by atoms with Crippen LogP contribution in [-0.2, 0) is 19.1 Å². The number of anilines is 1. The average molecular weight is 824 g/mol. The van der Waals surface area contributed by atoms with Crippen molar-refractivity contribution in [3.8, 4) is 11.3 Å². The fourth-order valence-electron chi connectivity index (χ4n) is 7.95. The molecule has 0 unspecified atom stereocenters. The molecule has 2 fully saturated rings. The van der Waals surface area contributed by atoms with E-state index in [4.69, 9.17) is 9.47 Å². The van der Waals surface area contributed by atoms with Gasteiger partial charge in [0.1, 0.15) is 41.1 Å². The highest BCUT2D eigenvalue weighted by molar-refractivity contribution is 5.88. The van der Waals surface area contributed by atoms with Crippen molar-refractivity contribution >= 4 is 29.7 Å². The topological polar surface area (TPSA) is 187 Å². The highest BCUT2D eigenvalue weighted by atomic mass is 19.1. The number of benzene rings is 3. The smallest absolute Gasteiger partial charge is 0.407 e. The Balaban J connectivity index is 0.978. The molecule has 5 N–H and O–H groups in total. The number of aromatic amines is 2. The maximum absolute atomic E-state index is 15.8. The lowest BCUT2D eigenvalue weighted by Gasteiger charge is -2.33. The largest absolute Gasteiger partial charge is 0.453 e. The van der Waals surface area contributed by atoms with E-state index in [0.717, 1.165) is 5.69 Å². The maximum atomic E-state index is 15.8. The third-order valence-electron chi connectivity index (χ3n) is 11.1. The predicted octanol–water partition coefficient (Wildman–Crippen LogP) is 6.50. The zero-order valence-corrected chi connectivity index (χ0v) is 33.4. The van der Waals surface area contributed by atoms with Crippen LogP contribution in [-0.4, -0.2) is 82.7 Å². The molecule has 2 aliphatic rings. The number of methoxy groups -OCH3 is 2. The Labute approximate surface area is 345 Å². The fraction of sp³-hybridized carbons (Fsp3) is 0.349. The molecule has 0 saturated carbocycles. The van der Waals surface area contributed by atoms with Gasteiger partial charge in [-0.1, -0.05) is 60.7 Å². The Hall–Kier alpha value is -6.78. The summed E-state index contributed by atoms with van der Waals surface area (Å²) in [4.78, 5) is 70.2. The lowest BCUT2D eigenvalue weighted by molar-refractivity contribution is -0.134. The first-order valence-corrected chi connectivity index (χ1v) is 19.8. The van der Waals surface area contributed by atoms with Gasteiger partial charge < -0.3 is 45.2 Å². The number of piperidine rings is 1. The van der Waals surface area contributed by atoms with E-state index in [1.807, 2.05) is 12.1 Å². The molecule has 2 aromatic heterocycles. The second-order valence-corrected chi connectivity index (χ2v) is 14.8. The van der Waals surface area contributed by atoms with E-state index in [2.05, 4.69) is 35.9 Å². The van der Waals surface area contributed by atoms with E-state index < -0.39 is 53.9 Å². The molecule has 314 valence electrons. The van der Waals surface area contributed by atoms with Gasteiger partial charge in [0.15, 0.2) is 0 Å². The number of aromatic nitrogens is 4. The highest BCUT2D eigenvalue weighted by Gasteiger charge is 2.37. The Kier molecular flexibility index (Phi) is 12.7. The fourth-order valence-corrected chi connectivity index (χ4v) is 7.95. The van der Waals surface area contributed by atoms with Crippen LogP contribution in [0.2, 0.25) is 0 Å². The van der Waals surface area contributed by atoms with Crippen LogP contribution >= 0.6 is 0 Å². The number of hydrogen-bond acceptors (Lipinski definition) is 9. The van der Waals surface area contributed by atoms with E-state index in [0.29, 0.717) is 73.8 Å². The molecule has 0 bridgehead atoms. The highest BCUT2D eigenvalue weighted by Crippen LogP contribution is 2.37. The molecule has 7 rings (SSSR count). The van der Waals surface area contributed by atoms with Gasteiger partial charge in [0, 0.05) is 43.0 Å². The minimum absolute atomic E-state index is 0.0403. The first-order valence-electron chi connectivity index (χ1n) is 19.8. The van der Waals surface area contributed by atoms with E-state index >= 15 is 8.78 Å². The third-order valence-corrected chi connectivity index (χ3v) is 11.1. The minimum atomic E-state index is -0.982. The summed E-state index contributed by atoms with van der Waals surface area (Å²) >= 11 is 0. The van der Waals surface area contributed by atoms with Crippen LogP contribution in [0, 0.1) is 11.6 Å². The number of carbonyl (C=O) groups is 4. The summed E-state index contributed by atoms with van der Waals surface area (Å²) in [6, 6.07) is 17.3. The van der Waals surface area contributed by atoms with Crippen LogP contribution in [0.15, 0.2) is 85.2 Å². The summed E-state index contributed by atoms with van der Waals surface area (Å²) in [5.41, 5.74) is 2.60. The summed E-state index contributed by atoms with van der Waals surface area (Å²) in [5, 5.41) is 8.12. The molecule has 2 aliphatic heterocycles. The molecule has 0 aliphatic carbocycles. The van der Waals surface area contributed by atoms with Crippen molar-refractivity contribution in [2.24, 2.45) is 0 Å². The third kappa shape index (κ3) is 9.09. The number of amides is 4. The SMILES string of the molecule is COC(=O)N[C@@H](C(=O)N[C@@H](C)c1ncc(C2CCN(c3c(F)cc(-c4cnc([C@@H]5CCCN5C(=O)[C@H](NC(=O)OC)c5ccccc5)[nH]4)cc3F)CC2)[nH]1)c1ccccc1. The molecule has 15 nitrogen and oxygen atoms in total. The van der Waals surface area contributed by atoms with Gasteiger partial charge in [-0.25, -0.2) is 28.3 Å². The Morgan fingerprint density at radius 3 is 1.98 bits per heavy atom. The molecule has 2 saturated heterocycles. The molecular formula is C43H47F2N9O6. The molecule has 4 heterocycles. The normalized spacial score (nSPS) is 17.1. The van der Waals surface area contributed by atoms with Gasteiger partial charge in [-0.2, -0.15) is 0 Å². The van der Waals surface area contributed by atoms with Crippen LogP contribution in [0.1, 0.15) is 91.2 Å². The first kappa shape index (κ1) is 41.4. The Morgan fingerprint density at radius 2 is 1.37 bits per heavy atom. The van der Waals surface area contributed by atoms with Crippen molar-refractivity contribution in [2.45, 2.75) is 62.7 Å². The molecule has 3 aromatic carbocycles. The van der Waals surface area contributed by atoms with Crippen LogP contribution in [0.4, 0.5) is 24.1 Å². The molecular weight excluding hydrogens is 777 g/mol. The lowest BCUT2D eigenvalue weighted by Crippen LogP contribution is -2.42. The van der Waals surface area contributed by atoms with Crippen molar-refractivity contribution < 1.29 is 37.4 Å². The quantitative estimate of drug-likeness (QED) is 0.0937. The van der Waals surface area contributed by atoms with Crippen LogP contribution in [0.25, 0.3) is 11.3 Å². The van der Waals surface area contributed by atoms with Crippen molar-refractivity contribution in [1.29, 1.82) is 0 Å². The first-order chi connectivity index (χ1) is 29.0. The number of alkyl carbamates (subject to hydrolysis) is 2. The number of rotatable bonds is 12. The van der Waals surface area contributed by atoms with E-state index in [1.165, 1.54) is 32.5 Å². The number of nitrogens with one attached hydrogen (secondary N) is 5. The number of hydrogen-bond donors (Lipinski definition) is 5. The number of nitrogens with zero attached hydrogens (tertiary/aromatic N) is 4. The van der Waals surface area contributed by atoms with Gasteiger partial charge >= 0.3 is 12.2 Å². The molecule has 0 radical (unpaired) electrons. The summed E-state index contributed by atoms with van der Waals surface area (Å²) in [5.74, 6) is -1.14. The van der Waals surface area contributed by atoms with Gasteiger partial charge in [0.05, 0.1) is 38.2 Å². The Morgan fingerprint density at radius 1 is 0.767 bits per heavy atom. The minimum Gasteiger partial charge on any atom is -0.453 e. The van der Waals surface area contributed by atoms with Crippen molar-refractivity contribution in [1.82, 2.24) is 40.8 Å². The molecule has 4 amide bonds. The van der Waals surface area contributed by atoms with Crippen LogP contribution < -0.4 is 20.9 Å². The summed E-state index contributed by atoms with van der Waals surface area (Å²) in [7, 11) is 2.46. The van der Waals surface area contributed by atoms with Crippen molar-refractivity contribution in [3.63, 3.8) is 0 Å². The summed E-state index contributed by atoms with van der Waals surface area (Å²) in [6.45, 7) is 3.00. The second-order valence-electron chi connectivity index (χ2n) is 14.8. The Bertz CT molecular complexity index is 2270. The number of halogens is 2. The zero-order valence-electron chi connectivity index (χ0n) is 33.4. The number of imidazole rings is 2. The van der Waals surface area contributed by atoms with Gasteiger partial charge in [0.25, 0.3) is 5.91 Å². The number of H-pyrrole nitrogens is 2. The standard InChI is InChI=1S/C43H47F2N9O6/c1-25(48-40(55)35(51-42(57)59-2)27-11-6-4-7-12-27)38-46-23-32(49-38)26-16-19-53(20-17-26)37-30(44)21-29(22-31(37)45)33-24-47-39(50-33)34-15-10-18-54(34)41(56)36(52-43(58)60-3)28-13-8-5-9-14-28/h4-9,11-14,21-26,34-36H,10,15-20H2,1-3H3,(H,46,49)(H,47,50)(H,48,55)(H,51,57)(H,52,58)/t25-,34-,35+,36+/m0/s1. The number of carbonyl (C=O) groups excluding carboxylic acids is 4. The van der Waals surface area contributed by atoms with Gasteiger partial charge in [-0.15, -0.1) is 0 Å². The van der Waals surface area contributed by atoms with Crippen molar-refractivity contribution in [3.05, 3.63) is 125 Å². The second kappa shape index (κ2) is 18.4. The predicted molar refractivity (Wildman–Crippen MR) is 216 cm³/mol. The van der Waals surface area contributed by atoms with Crippen LogP contribution in [0.3, 0.4) is 0 Å². The molecule has 5 aromatic rings. The molecule has 0 spiro atoms.